The van der Waals surface area contributed by atoms with Crippen LogP contribution >= 0.6 is 23.1 Å². The predicted molar refractivity (Wildman–Crippen MR) is 131 cm³/mol. The van der Waals surface area contributed by atoms with E-state index in [0.29, 0.717) is 11.3 Å². The lowest BCUT2D eigenvalue weighted by molar-refractivity contribution is 0.0458. The van der Waals surface area contributed by atoms with E-state index in [1.54, 1.807) is 35.2 Å². The molecule has 0 saturated carbocycles. The van der Waals surface area contributed by atoms with Crippen molar-refractivity contribution in [2.45, 2.75) is 31.1 Å². The second kappa shape index (κ2) is 10.4. The highest BCUT2D eigenvalue weighted by Gasteiger charge is 2.15. The molecule has 0 radical (unpaired) electrons. The maximum atomic E-state index is 12.8. The van der Waals surface area contributed by atoms with Crippen molar-refractivity contribution in [3.63, 3.8) is 0 Å². The molecule has 0 unspecified atom stereocenters. The summed E-state index contributed by atoms with van der Waals surface area (Å²) in [6.45, 7) is 3.85. The molecule has 2 heterocycles. The molecule has 33 heavy (non-hydrogen) atoms. The van der Waals surface area contributed by atoms with Gasteiger partial charge in [0.25, 0.3) is 0 Å². The zero-order valence-electron chi connectivity index (χ0n) is 18.1. The van der Waals surface area contributed by atoms with E-state index in [-0.39, 0.29) is 24.3 Å². The molecule has 0 saturated heterocycles. The summed E-state index contributed by atoms with van der Waals surface area (Å²) in [6.07, 6.45) is 0. The van der Waals surface area contributed by atoms with Gasteiger partial charge in [-0.3, -0.25) is 0 Å². The molecule has 4 rings (SSSR count). The number of thioether (sulfide) groups is 1. The molecule has 2 aromatic carbocycles. The van der Waals surface area contributed by atoms with Crippen molar-refractivity contribution in [2.24, 2.45) is 0 Å². The molecular formula is C23H22N6O2S2. The van der Waals surface area contributed by atoms with Crippen molar-refractivity contribution in [1.82, 2.24) is 19.9 Å². The highest BCUT2D eigenvalue weighted by molar-refractivity contribution is 7.98. The van der Waals surface area contributed by atoms with Gasteiger partial charge < -0.3 is 15.8 Å². The van der Waals surface area contributed by atoms with E-state index < -0.39 is 5.97 Å². The van der Waals surface area contributed by atoms with E-state index in [0.717, 1.165) is 26.8 Å². The van der Waals surface area contributed by atoms with Gasteiger partial charge in [-0.2, -0.15) is 15.0 Å². The Morgan fingerprint density at radius 3 is 2.61 bits per heavy atom. The third-order valence-electron chi connectivity index (χ3n) is 4.49. The van der Waals surface area contributed by atoms with Crippen LogP contribution in [-0.4, -0.2) is 25.9 Å². The molecule has 3 N–H and O–H groups in total. The van der Waals surface area contributed by atoms with Gasteiger partial charge in [0.1, 0.15) is 0 Å². The number of nitrogen functional groups attached to an aromatic ring is 1. The van der Waals surface area contributed by atoms with Gasteiger partial charge in [-0.25, -0.2) is 9.78 Å². The molecule has 8 nitrogen and oxygen atoms in total. The normalized spacial score (nSPS) is 10.7. The minimum Gasteiger partial charge on any atom is -0.454 e. The number of aromatic nitrogens is 4. The smallest absolute Gasteiger partial charge is 0.339 e. The number of aryl methyl sites for hydroxylation is 2. The summed E-state index contributed by atoms with van der Waals surface area (Å²) in [5.41, 5.74) is 9.25. The molecule has 10 heteroatoms. The fraction of sp³-hybridized carbons (Fsp3) is 0.174. The monoisotopic (exact) mass is 478 g/mol. The molecule has 2 aromatic heterocycles. The maximum absolute atomic E-state index is 12.8. The molecule has 0 aliphatic heterocycles. The minimum absolute atomic E-state index is 0.0418. The van der Waals surface area contributed by atoms with Crippen molar-refractivity contribution in [3.8, 4) is 0 Å². The van der Waals surface area contributed by atoms with E-state index in [1.165, 1.54) is 0 Å². The number of hydrogen-bond acceptors (Lipinski definition) is 10. The summed E-state index contributed by atoms with van der Waals surface area (Å²) in [5.74, 6) is 0.798. The average molecular weight is 479 g/mol. The largest absolute Gasteiger partial charge is 0.454 e. The molecule has 0 fully saturated rings. The molecule has 0 aliphatic carbocycles. The van der Waals surface area contributed by atoms with Crippen molar-refractivity contribution in [1.29, 1.82) is 0 Å². The van der Waals surface area contributed by atoms with E-state index in [4.69, 9.17) is 10.5 Å². The van der Waals surface area contributed by atoms with Crippen LogP contribution in [0.25, 0.3) is 0 Å². The molecular weight excluding hydrogens is 456 g/mol. The molecule has 0 amide bonds. The van der Waals surface area contributed by atoms with Gasteiger partial charge in [-0.1, -0.05) is 29.8 Å². The van der Waals surface area contributed by atoms with Crippen LogP contribution < -0.4 is 11.1 Å². The first-order valence-electron chi connectivity index (χ1n) is 10.1. The Labute approximate surface area is 199 Å². The van der Waals surface area contributed by atoms with Crippen LogP contribution in [0.2, 0.25) is 0 Å². The zero-order chi connectivity index (χ0) is 23.2. The number of esters is 1. The number of rotatable bonds is 8. The lowest BCUT2D eigenvalue weighted by atomic mass is 10.2. The number of nitrogens with zero attached hydrogens (tertiary/aromatic N) is 4. The van der Waals surface area contributed by atoms with E-state index >= 15 is 0 Å². The fourth-order valence-electron chi connectivity index (χ4n) is 2.92. The van der Waals surface area contributed by atoms with Gasteiger partial charge in [0, 0.05) is 21.7 Å². The molecule has 4 aromatic rings. The summed E-state index contributed by atoms with van der Waals surface area (Å²) in [6, 6.07) is 15.1. The first-order valence-corrected chi connectivity index (χ1v) is 12.0. The quantitative estimate of drug-likeness (QED) is 0.269. The Balaban J connectivity index is 1.41. The lowest BCUT2D eigenvalue weighted by Gasteiger charge is -2.10. The summed E-state index contributed by atoms with van der Waals surface area (Å²) < 4.78 is 5.48. The molecule has 168 valence electrons. The van der Waals surface area contributed by atoms with E-state index in [9.17, 15) is 4.79 Å². The van der Waals surface area contributed by atoms with Gasteiger partial charge in [0.15, 0.2) is 12.4 Å². The van der Waals surface area contributed by atoms with E-state index in [2.05, 4.69) is 25.3 Å². The predicted octanol–water partition coefficient (Wildman–Crippen LogP) is 4.92. The summed E-state index contributed by atoms with van der Waals surface area (Å²) in [5, 5.41) is 6.13. The summed E-state index contributed by atoms with van der Waals surface area (Å²) >= 11 is 3.15. The Kier molecular flexibility index (Phi) is 7.16. The van der Waals surface area contributed by atoms with Crippen molar-refractivity contribution < 1.29 is 9.53 Å². The number of carbonyl (C=O) groups excluding carboxylic acids is 1. The van der Waals surface area contributed by atoms with Gasteiger partial charge in [-0.05, 0) is 38.1 Å². The number of ether oxygens (including phenoxy) is 1. The van der Waals surface area contributed by atoms with Crippen molar-refractivity contribution >= 4 is 46.7 Å². The maximum Gasteiger partial charge on any atom is 0.339 e. The van der Waals surface area contributed by atoms with Gasteiger partial charge >= 0.3 is 5.97 Å². The topological polar surface area (TPSA) is 116 Å². The van der Waals surface area contributed by atoms with Crippen molar-refractivity contribution in [3.05, 3.63) is 81.6 Å². The van der Waals surface area contributed by atoms with Crippen LogP contribution in [0.4, 0.5) is 17.6 Å². The number of carbonyl (C=O) groups is 1. The Morgan fingerprint density at radius 1 is 1.06 bits per heavy atom. The van der Waals surface area contributed by atoms with Crippen LogP contribution in [0.15, 0.2) is 58.8 Å². The zero-order valence-corrected chi connectivity index (χ0v) is 19.7. The second-order valence-electron chi connectivity index (χ2n) is 7.14. The molecule has 0 aliphatic rings. The molecule has 0 bridgehead atoms. The number of nitrogens with two attached hydrogens (primary N) is 1. The number of anilines is 3. The van der Waals surface area contributed by atoms with Crippen molar-refractivity contribution in [2.75, 3.05) is 11.1 Å². The van der Waals surface area contributed by atoms with Crippen LogP contribution in [0.5, 0.6) is 0 Å². The SMILES string of the molecule is Cc1ccc(Nc2nc(N)nc(COC(=O)c3ccccc3SCc3csc(C)n3)n2)cc1. The minimum atomic E-state index is -0.459. The van der Waals surface area contributed by atoms with E-state index in [1.807, 2.05) is 55.6 Å². The number of thiazole rings is 1. The number of nitrogens with one attached hydrogen (secondary N) is 1. The van der Waals surface area contributed by atoms with Gasteiger partial charge in [0.05, 0.1) is 16.3 Å². The van der Waals surface area contributed by atoms with Gasteiger partial charge in [0.2, 0.25) is 11.9 Å². The number of benzene rings is 2. The third kappa shape index (κ3) is 6.27. The average Bonchev–Trinajstić information content (AvgIpc) is 3.22. The van der Waals surface area contributed by atoms with Crippen LogP contribution in [0.1, 0.15) is 32.4 Å². The third-order valence-corrected chi connectivity index (χ3v) is 6.42. The van der Waals surface area contributed by atoms with Crippen LogP contribution in [0.3, 0.4) is 0 Å². The molecule has 0 spiro atoms. The lowest BCUT2D eigenvalue weighted by Crippen LogP contribution is -2.11. The Morgan fingerprint density at radius 2 is 1.85 bits per heavy atom. The summed E-state index contributed by atoms with van der Waals surface area (Å²) in [4.78, 5) is 30.6. The fourth-order valence-corrected chi connectivity index (χ4v) is 4.57. The number of hydrogen-bond donors (Lipinski definition) is 2. The van der Waals surface area contributed by atoms with Gasteiger partial charge in [-0.15, -0.1) is 23.1 Å². The standard InChI is InChI=1S/C23H22N6O2S2/c1-14-7-9-16(10-8-14)26-23-28-20(27-22(24)29-23)11-31-21(30)18-5-3-4-6-19(18)33-13-17-12-32-15(2)25-17/h3-10,12H,11,13H2,1-2H3,(H3,24,26,27,28,29). The highest BCUT2D eigenvalue weighted by Crippen LogP contribution is 2.27. The first kappa shape index (κ1) is 22.7. The Hall–Kier alpha value is -3.50. The highest BCUT2D eigenvalue weighted by atomic mass is 32.2. The Bertz CT molecular complexity index is 1260. The van der Waals surface area contributed by atoms with Crippen LogP contribution in [-0.2, 0) is 17.1 Å². The molecule has 0 atom stereocenters. The first-order chi connectivity index (χ1) is 16.0. The second-order valence-corrected chi connectivity index (χ2v) is 9.22. The summed E-state index contributed by atoms with van der Waals surface area (Å²) in [7, 11) is 0. The van der Waals surface area contributed by atoms with Crippen LogP contribution in [0, 0.1) is 13.8 Å².